The Hall–Kier alpha value is -2.87. The van der Waals surface area contributed by atoms with Gasteiger partial charge < -0.3 is 15.2 Å². The van der Waals surface area contributed by atoms with Crippen molar-refractivity contribution in [3.8, 4) is 11.1 Å². The topological polar surface area (TPSA) is 110 Å². The van der Waals surface area contributed by atoms with Crippen LogP contribution in [0.4, 0.5) is 4.79 Å². The first-order valence-corrected chi connectivity index (χ1v) is 12.5. The molecule has 1 aliphatic heterocycles. The van der Waals surface area contributed by atoms with E-state index in [0.29, 0.717) is 6.42 Å². The van der Waals surface area contributed by atoms with E-state index < -0.39 is 32.6 Å². The number of carboxylic acids is 1. The molecule has 168 valence electrons. The zero-order valence-corrected chi connectivity index (χ0v) is 18.3. The first kappa shape index (κ1) is 21.0. The van der Waals surface area contributed by atoms with E-state index in [9.17, 15) is 18.0 Å². The summed E-state index contributed by atoms with van der Waals surface area (Å²) in [6, 6.07) is 15.8. The van der Waals surface area contributed by atoms with Gasteiger partial charge in [0, 0.05) is 12.0 Å². The number of fused-ring (bicyclic) bond motifs is 3. The summed E-state index contributed by atoms with van der Waals surface area (Å²) in [5, 5.41) is 12.0. The van der Waals surface area contributed by atoms with Crippen LogP contribution in [0.25, 0.3) is 11.1 Å². The van der Waals surface area contributed by atoms with Gasteiger partial charge in [0.25, 0.3) is 0 Å². The number of sulfone groups is 1. The Morgan fingerprint density at radius 1 is 1.00 bits per heavy atom. The van der Waals surface area contributed by atoms with Crippen molar-refractivity contribution in [1.29, 1.82) is 0 Å². The van der Waals surface area contributed by atoms with Crippen LogP contribution in [0.15, 0.2) is 48.5 Å². The molecule has 0 aromatic heterocycles. The highest BCUT2D eigenvalue weighted by molar-refractivity contribution is 7.92. The highest BCUT2D eigenvalue weighted by atomic mass is 32.2. The molecule has 3 aliphatic rings. The summed E-state index contributed by atoms with van der Waals surface area (Å²) in [6.07, 6.45) is 0.219. The standard InChI is InChI=1S/C24H25NO6S/c26-22(27)15-11-24(12-15)13-16(9-10-32(24,29)30)25-23(28)31-14-21-19-7-3-1-5-17(19)18-6-2-4-8-20(18)21/h1-8,15-16,21H,9-14H2,(H,25,28)(H,26,27). The van der Waals surface area contributed by atoms with E-state index in [0.717, 1.165) is 22.3 Å². The average molecular weight is 456 g/mol. The number of amides is 1. The zero-order chi connectivity index (χ0) is 22.5. The van der Waals surface area contributed by atoms with E-state index in [-0.39, 0.29) is 43.6 Å². The molecular weight excluding hydrogens is 430 g/mol. The van der Waals surface area contributed by atoms with Crippen molar-refractivity contribution in [2.75, 3.05) is 12.4 Å². The minimum atomic E-state index is -3.37. The van der Waals surface area contributed by atoms with Crippen molar-refractivity contribution in [3.05, 3.63) is 59.7 Å². The van der Waals surface area contributed by atoms with Crippen LogP contribution in [0.5, 0.6) is 0 Å². The molecule has 1 unspecified atom stereocenters. The minimum Gasteiger partial charge on any atom is -0.481 e. The molecule has 1 saturated heterocycles. The molecule has 1 amide bonds. The van der Waals surface area contributed by atoms with Gasteiger partial charge in [0.1, 0.15) is 6.61 Å². The lowest BCUT2D eigenvalue weighted by Crippen LogP contribution is -2.60. The van der Waals surface area contributed by atoms with Crippen LogP contribution in [0.1, 0.15) is 42.7 Å². The first-order chi connectivity index (χ1) is 15.3. The predicted octanol–water partition coefficient (Wildman–Crippen LogP) is 3.34. The fourth-order valence-corrected chi connectivity index (χ4v) is 7.95. The Labute approximate surface area is 186 Å². The number of hydrogen-bond acceptors (Lipinski definition) is 5. The second-order valence-electron chi connectivity index (χ2n) is 9.10. The maximum absolute atomic E-state index is 12.6. The molecule has 1 spiro atoms. The number of ether oxygens (including phenoxy) is 1. The third-order valence-corrected chi connectivity index (χ3v) is 9.86. The molecule has 5 rings (SSSR count). The fraction of sp³-hybridized carbons (Fsp3) is 0.417. The molecule has 2 fully saturated rings. The molecule has 2 aromatic carbocycles. The third-order valence-electron chi connectivity index (χ3n) is 7.26. The molecule has 2 aromatic rings. The lowest BCUT2D eigenvalue weighted by molar-refractivity contribution is -0.145. The van der Waals surface area contributed by atoms with Crippen LogP contribution >= 0.6 is 0 Å². The van der Waals surface area contributed by atoms with Crippen molar-refractivity contribution in [2.24, 2.45) is 5.92 Å². The van der Waals surface area contributed by atoms with E-state index in [1.807, 2.05) is 36.4 Å². The van der Waals surface area contributed by atoms with Crippen molar-refractivity contribution in [2.45, 2.75) is 42.4 Å². The van der Waals surface area contributed by atoms with E-state index in [1.54, 1.807) is 0 Å². The number of nitrogens with one attached hydrogen (secondary N) is 1. The number of benzene rings is 2. The summed E-state index contributed by atoms with van der Waals surface area (Å²) in [6.45, 7) is 0.192. The molecule has 32 heavy (non-hydrogen) atoms. The van der Waals surface area contributed by atoms with Crippen LogP contribution in [-0.2, 0) is 19.4 Å². The van der Waals surface area contributed by atoms with Gasteiger partial charge in [-0.3, -0.25) is 4.79 Å². The lowest BCUT2D eigenvalue weighted by atomic mass is 9.70. The number of rotatable bonds is 4. The van der Waals surface area contributed by atoms with Gasteiger partial charge in [-0.2, -0.15) is 0 Å². The second-order valence-corrected chi connectivity index (χ2v) is 11.6. The summed E-state index contributed by atoms with van der Waals surface area (Å²) in [7, 11) is -3.37. The number of carbonyl (C=O) groups excluding carboxylic acids is 1. The van der Waals surface area contributed by atoms with Gasteiger partial charge in [0.2, 0.25) is 0 Å². The summed E-state index contributed by atoms with van der Waals surface area (Å²) >= 11 is 0. The van der Waals surface area contributed by atoms with Crippen molar-refractivity contribution < 1.29 is 27.9 Å². The Kier molecular flexibility index (Phi) is 5.00. The number of aliphatic carboxylic acids is 1. The zero-order valence-electron chi connectivity index (χ0n) is 17.5. The molecular formula is C24H25NO6S. The summed E-state index contributed by atoms with van der Waals surface area (Å²) < 4.78 is 29.7. The normalized spacial score (nSPS) is 27.8. The highest BCUT2D eigenvalue weighted by Crippen LogP contribution is 2.50. The molecule has 2 N–H and O–H groups in total. The van der Waals surface area contributed by atoms with E-state index in [4.69, 9.17) is 9.84 Å². The van der Waals surface area contributed by atoms with Crippen LogP contribution in [0.2, 0.25) is 0 Å². The minimum absolute atomic E-state index is 0.0471. The van der Waals surface area contributed by atoms with Gasteiger partial charge in [-0.05, 0) is 47.9 Å². The number of carboxylic acid groups (broad SMARTS) is 1. The third kappa shape index (κ3) is 3.37. The first-order valence-electron chi connectivity index (χ1n) is 10.9. The van der Waals surface area contributed by atoms with Crippen molar-refractivity contribution in [3.63, 3.8) is 0 Å². The van der Waals surface area contributed by atoms with Gasteiger partial charge in [-0.1, -0.05) is 48.5 Å². The van der Waals surface area contributed by atoms with Crippen molar-refractivity contribution in [1.82, 2.24) is 5.32 Å². The van der Waals surface area contributed by atoms with Crippen LogP contribution in [0, 0.1) is 5.92 Å². The highest BCUT2D eigenvalue weighted by Gasteiger charge is 2.58. The molecule has 8 heteroatoms. The summed E-state index contributed by atoms with van der Waals surface area (Å²) in [5.74, 6) is -1.68. The molecule has 0 radical (unpaired) electrons. The second kappa shape index (κ2) is 7.62. The van der Waals surface area contributed by atoms with Gasteiger partial charge in [-0.15, -0.1) is 0 Å². The maximum atomic E-state index is 12.6. The Bertz CT molecular complexity index is 1140. The number of alkyl carbamates (subject to hydrolysis) is 1. The van der Waals surface area contributed by atoms with Gasteiger partial charge in [0.15, 0.2) is 9.84 Å². The van der Waals surface area contributed by atoms with Gasteiger partial charge in [0.05, 0.1) is 16.4 Å². The summed E-state index contributed by atoms with van der Waals surface area (Å²) in [5.41, 5.74) is 4.54. The monoisotopic (exact) mass is 455 g/mol. The summed E-state index contributed by atoms with van der Waals surface area (Å²) in [4.78, 5) is 23.7. The SMILES string of the molecule is O=C(NC1CCS(=O)(=O)C2(C1)CC(C(=O)O)C2)OCC1c2ccccc2-c2ccccc21. The predicted molar refractivity (Wildman–Crippen MR) is 118 cm³/mol. The average Bonchev–Trinajstić information content (AvgIpc) is 3.05. The fourth-order valence-electron chi connectivity index (χ4n) is 5.56. The van der Waals surface area contributed by atoms with Gasteiger partial charge >= 0.3 is 12.1 Å². The van der Waals surface area contributed by atoms with E-state index >= 15 is 0 Å². The van der Waals surface area contributed by atoms with Crippen LogP contribution in [0.3, 0.4) is 0 Å². The quantitative estimate of drug-likeness (QED) is 0.732. The molecule has 1 heterocycles. The molecule has 7 nitrogen and oxygen atoms in total. The number of hydrogen-bond donors (Lipinski definition) is 2. The largest absolute Gasteiger partial charge is 0.481 e. The van der Waals surface area contributed by atoms with Crippen LogP contribution in [-0.4, -0.2) is 48.7 Å². The van der Waals surface area contributed by atoms with E-state index in [2.05, 4.69) is 17.4 Å². The lowest BCUT2D eigenvalue weighted by Gasteiger charge is -2.49. The van der Waals surface area contributed by atoms with E-state index in [1.165, 1.54) is 0 Å². The Balaban J connectivity index is 1.23. The number of carbonyl (C=O) groups is 2. The molecule has 1 atom stereocenters. The maximum Gasteiger partial charge on any atom is 0.407 e. The molecule has 2 aliphatic carbocycles. The van der Waals surface area contributed by atoms with Crippen molar-refractivity contribution >= 4 is 21.9 Å². The Morgan fingerprint density at radius 2 is 1.59 bits per heavy atom. The molecule has 0 bridgehead atoms. The van der Waals surface area contributed by atoms with Gasteiger partial charge in [-0.25, -0.2) is 13.2 Å². The Morgan fingerprint density at radius 3 is 2.19 bits per heavy atom. The van der Waals surface area contributed by atoms with Crippen LogP contribution < -0.4 is 5.32 Å². The smallest absolute Gasteiger partial charge is 0.407 e. The molecule has 1 saturated carbocycles.